The number of rotatable bonds is 8. The molecule has 12 heteroatoms. The number of carbonyl (C=O) groups excluding carboxylic acids is 1. The van der Waals surface area contributed by atoms with E-state index in [2.05, 4.69) is 63.8 Å². The first-order valence-electron chi connectivity index (χ1n) is 12.9. The Labute approximate surface area is 249 Å². The van der Waals surface area contributed by atoms with Gasteiger partial charge >= 0.3 is 17.6 Å². The number of carboxylic acid groups (broad SMARTS) is 2. The van der Waals surface area contributed by atoms with Crippen LogP contribution in [0.5, 0.6) is 0 Å². The molecular weight excluding hydrogens is 576 g/mol. The lowest BCUT2D eigenvalue weighted by molar-refractivity contribution is -0.145. The average Bonchev–Trinajstić information content (AvgIpc) is 3.33. The summed E-state index contributed by atoms with van der Waals surface area (Å²) in [5, 5.41) is 22.2. The molecule has 1 atom stereocenters. The van der Waals surface area contributed by atoms with Gasteiger partial charge in [0.15, 0.2) is 0 Å². The molecule has 42 heavy (non-hydrogen) atoms. The summed E-state index contributed by atoms with van der Waals surface area (Å²) in [4.78, 5) is 54.9. The van der Waals surface area contributed by atoms with Gasteiger partial charge < -0.3 is 15.5 Å². The Morgan fingerprint density at radius 3 is 2.24 bits per heavy atom. The first-order valence-corrected chi connectivity index (χ1v) is 14.2. The molecule has 1 aliphatic carbocycles. The van der Waals surface area contributed by atoms with Crippen LogP contribution in [0, 0.1) is 18.5 Å². The number of carboxylic acids is 2. The van der Waals surface area contributed by atoms with E-state index in [1.54, 1.807) is 6.20 Å². The number of nitrogens with one attached hydrogen (secondary N) is 2. The van der Waals surface area contributed by atoms with Crippen LogP contribution in [0.15, 0.2) is 52.8 Å². The number of amides is 1. The van der Waals surface area contributed by atoms with E-state index in [0.717, 1.165) is 50.3 Å². The van der Waals surface area contributed by atoms with Crippen molar-refractivity contribution in [1.29, 1.82) is 0 Å². The fraction of sp³-hybridized carbons (Fsp3) is 0.200. The lowest BCUT2D eigenvalue weighted by Crippen LogP contribution is -2.42. The molecule has 0 radical (unpaired) electrons. The van der Waals surface area contributed by atoms with E-state index in [9.17, 15) is 24.3 Å². The molecule has 0 unspecified atom stereocenters. The van der Waals surface area contributed by atoms with E-state index in [0.29, 0.717) is 9.65 Å². The summed E-state index contributed by atoms with van der Waals surface area (Å²) >= 11 is 6.80. The van der Waals surface area contributed by atoms with Gasteiger partial charge in [0.25, 0.3) is 5.91 Å². The average molecular weight is 603 g/mol. The van der Waals surface area contributed by atoms with Gasteiger partial charge in [0.2, 0.25) is 0 Å². The number of aryl methyl sites for hydroxylation is 2. The van der Waals surface area contributed by atoms with Crippen LogP contribution in [-0.4, -0.2) is 48.6 Å². The molecule has 0 saturated heterocycles. The van der Waals surface area contributed by atoms with Crippen molar-refractivity contribution in [3.8, 4) is 0 Å². The summed E-state index contributed by atoms with van der Waals surface area (Å²) in [6.07, 6.45) is 5.13. The largest absolute Gasteiger partial charge is 0.481 e. The number of H-pyrrole nitrogens is 1. The molecule has 2 heterocycles. The fourth-order valence-corrected chi connectivity index (χ4v) is 6.00. The third kappa shape index (κ3) is 5.99. The highest BCUT2D eigenvalue weighted by molar-refractivity contribution is 7.71. The number of aromatic nitrogens is 3. The van der Waals surface area contributed by atoms with Crippen LogP contribution in [0.2, 0.25) is 0 Å². The number of aliphatic carboxylic acids is 2. The van der Waals surface area contributed by atoms with Crippen LogP contribution >= 0.6 is 23.6 Å². The maximum atomic E-state index is 13.0. The minimum Gasteiger partial charge on any atom is -0.481 e. The Morgan fingerprint density at radius 1 is 1.05 bits per heavy atom. The Kier molecular flexibility index (Phi) is 8.01. The molecule has 4 aromatic rings. The minimum absolute atomic E-state index is 0.0276. The SMILES string of the molecule is Cc1ccc2c(c1)C=Cc1cc(C)ccc1C2c1cn(Cc2nc(C(=O)N[C@@H](CC(=O)O)C(=O)O)cs2)c(=O)[nH]c1=S. The number of fused-ring (bicyclic) bond motifs is 2. The second-order valence-electron chi connectivity index (χ2n) is 10.1. The Hall–Kier alpha value is -4.68. The monoisotopic (exact) mass is 602 g/mol. The molecular formula is C30H26N4O6S2. The van der Waals surface area contributed by atoms with Crippen molar-refractivity contribution >= 4 is 53.6 Å². The molecule has 0 saturated carbocycles. The summed E-state index contributed by atoms with van der Waals surface area (Å²) in [7, 11) is 0. The lowest BCUT2D eigenvalue weighted by atomic mass is 9.83. The number of hydrogen-bond donors (Lipinski definition) is 4. The summed E-state index contributed by atoms with van der Waals surface area (Å²) < 4.78 is 1.76. The molecule has 0 fully saturated rings. The number of nitrogens with zero attached hydrogens (tertiary/aromatic N) is 2. The van der Waals surface area contributed by atoms with Crippen LogP contribution in [0.4, 0.5) is 0 Å². The van der Waals surface area contributed by atoms with Gasteiger partial charge in [-0.15, -0.1) is 11.3 Å². The Morgan fingerprint density at radius 2 is 1.67 bits per heavy atom. The lowest BCUT2D eigenvalue weighted by Gasteiger charge is -2.22. The number of hydrogen-bond acceptors (Lipinski definition) is 7. The van der Waals surface area contributed by atoms with Gasteiger partial charge in [0.1, 0.15) is 21.4 Å². The van der Waals surface area contributed by atoms with Crippen LogP contribution in [0.3, 0.4) is 0 Å². The van der Waals surface area contributed by atoms with Gasteiger partial charge in [-0.2, -0.15) is 0 Å². The highest BCUT2D eigenvalue weighted by atomic mass is 32.1. The normalized spacial score (nSPS) is 13.1. The molecule has 214 valence electrons. The zero-order chi connectivity index (χ0) is 30.1. The van der Waals surface area contributed by atoms with Crippen molar-refractivity contribution in [2.75, 3.05) is 0 Å². The molecule has 5 rings (SSSR count). The maximum Gasteiger partial charge on any atom is 0.326 e. The standard InChI is InChI=1S/C30H26N4O6S2/c1-15-3-7-19-17(9-15)5-6-18-10-16(2)4-8-20(18)26(19)21-12-34(30(40)33-28(21)41)13-24-31-23(14-42-24)27(37)32-22(29(38)39)11-25(35)36/h3-10,12,14,22,26H,11,13H2,1-2H3,(H,32,37)(H,35,36)(H,38,39)(H,33,40,41)/t22-/m0/s1. The van der Waals surface area contributed by atoms with Crippen LogP contribution in [0.1, 0.15) is 66.8 Å². The molecule has 2 aromatic heterocycles. The van der Waals surface area contributed by atoms with Crippen molar-refractivity contribution < 1.29 is 24.6 Å². The zero-order valence-corrected chi connectivity index (χ0v) is 24.2. The molecule has 0 aliphatic heterocycles. The van der Waals surface area contributed by atoms with Gasteiger partial charge in [0.05, 0.1) is 13.0 Å². The summed E-state index contributed by atoms with van der Waals surface area (Å²) in [5.74, 6) is -3.92. The van der Waals surface area contributed by atoms with Gasteiger partial charge in [-0.1, -0.05) is 71.9 Å². The van der Waals surface area contributed by atoms with Crippen molar-refractivity contribution in [2.24, 2.45) is 0 Å². The molecule has 10 nitrogen and oxygen atoms in total. The first-order chi connectivity index (χ1) is 20.0. The minimum atomic E-state index is -1.60. The van der Waals surface area contributed by atoms with Crippen molar-refractivity contribution in [3.63, 3.8) is 0 Å². The fourth-order valence-electron chi connectivity index (χ4n) is 4.97. The number of carbonyl (C=O) groups is 3. The van der Waals surface area contributed by atoms with Gasteiger partial charge in [0, 0.05) is 23.1 Å². The zero-order valence-electron chi connectivity index (χ0n) is 22.6. The number of thiazole rings is 1. The molecule has 0 bridgehead atoms. The molecule has 2 aromatic carbocycles. The van der Waals surface area contributed by atoms with E-state index in [1.165, 1.54) is 9.95 Å². The molecule has 0 spiro atoms. The molecule has 1 aliphatic rings. The summed E-state index contributed by atoms with van der Waals surface area (Å²) in [6, 6.07) is 10.9. The summed E-state index contributed by atoms with van der Waals surface area (Å²) in [6.45, 7) is 4.10. The second kappa shape index (κ2) is 11.7. The Bertz CT molecular complexity index is 1830. The van der Waals surface area contributed by atoms with Crippen LogP contribution in [0.25, 0.3) is 12.2 Å². The van der Waals surface area contributed by atoms with E-state index in [1.807, 2.05) is 13.8 Å². The van der Waals surface area contributed by atoms with Crippen molar-refractivity contribution in [2.45, 2.75) is 38.8 Å². The van der Waals surface area contributed by atoms with Gasteiger partial charge in [-0.3, -0.25) is 19.1 Å². The smallest absolute Gasteiger partial charge is 0.326 e. The number of aromatic amines is 1. The highest BCUT2D eigenvalue weighted by Gasteiger charge is 2.27. The van der Waals surface area contributed by atoms with Crippen LogP contribution < -0.4 is 11.0 Å². The van der Waals surface area contributed by atoms with Crippen molar-refractivity contribution in [3.05, 3.63) is 113 Å². The first kappa shape index (κ1) is 28.8. The van der Waals surface area contributed by atoms with Crippen LogP contribution in [-0.2, 0) is 16.1 Å². The maximum absolute atomic E-state index is 13.0. The van der Waals surface area contributed by atoms with E-state index in [4.69, 9.17) is 17.3 Å². The summed E-state index contributed by atoms with van der Waals surface area (Å²) in [5.41, 5.74) is 6.66. The molecule has 1 amide bonds. The van der Waals surface area contributed by atoms with Gasteiger partial charge in [-0.25, -0.2) is 14.6 Å². The van der Waals surface area contributed by atoms with Gasteiger partial charge in [-0.05, 0) is 36.1 Å². The van der Waals surface area contributed by atoms with E-state index < -0.39 is 36.0 Å². The highest BCUT2D eigenvalue weighted by Crippen LogP contribution is 2.39. The predicted molar refractivity (Wildman–Crippen MR) is 160 cm³/mol. The number of benzene rings is 2. The van der Waals surface area contributed by atoms with E-state index >= 15 is 0 Å². The predicted octanol–water partition coefficient (Wildman–Crippen LogP) is 4.35. The third-order valence-electron chi connectivity index (χ3n) is 6.97. The second-order valence-corrected chi connectivity index (χ2v) is 11.4. The third-order valence-corrected chi connectivity index (χ3v) is 8.14. The van der Waals surface area contributed by atoms with E-state index in [-0.39, 0.29) is 18.2 Å². The quantitative estimate of drug-likeness (QED) is 0.191. The molecule has 4 N–H and O–H groups in total. The topological polar surface area (TPSA) is 154 Å². The Balaban J connectivity index is 1.50. The van der Waals surface area contributed by atoms with Crippen molar-refractivity contribution in [1.82, 2.24) is 19.9 Å².